The average molecular weight is 218 g/mol. The van der Waals surface area contributed by atoms with E-state index >= 15 is 0 Å². The van der Waals surface area contributed by atoms with Gasteiger partial charge in [0, 0.05) is 12.6 Å². The minimum Gasteiger partial charge on any atom is -0.378 e. The van der Waals surface area contributed by atoms with Crippen LogP contribution in [-0.2, 0) is 0 Å². The lowest BCUT2D eigenvalue weighted by Gasteiger charge is -2.07. The fraction of sp³-hybridized carbons (Fsp3) is 0.200. The van der Waals surface area contributed by atoms with Crippen LogP contribution in [0.15, 0.2) is 24.3 Å². The van der Waals surface area contributed by atoms with Gasteiger partial charge in [0.25, 0.3) is 0 Å². The Hall–Kier alpha value is -1.09. The van der Waals surface area contributed by atoms with Gasteiger partial charge in [-0.15, -0.1) is 0 Å². The maximum atomic E-state index is 13.1. The van der Waals surface area contributed by atoms with Crippen molar-refractivity contribution in [3.63, 3.8) is 0 Å². The molecule has 1 aromatic rings. The number of rotatable bonds is 3. The first-order valence-corrected chi connectivity index (χ1v) is 4.52. The van der Waals surface area contributed by atoms with Crippen LogP contribution in [-0.4, -0.2) is 6.54 Å². The molecule has 0 atom stereocenters. The lowest BCUT2D eigenvalue weighted by molar-refractivity contribution is 0.585. The Kier molecular flexibility index (Phi) is 3.89. The van der Waals surface area contributed by atoms with Gasteiger partial charge in [-0.05, 0) is 13.0 Å². The third kappa shape index (κ3) is 2.70. The number of hydrogen-bond donors (Lipinski definition) is 1. The summed E-state index contributed by atoms with van der Waals surface area (Å²) < 4.78 is 25.8. The van der Waals surface area contributed by atoms with Crippen LogP contribution in [0.3, 0.4) is 0 Å². The van der Waals surface area contributed by atoms with E-state index in [-0.39, 0.29) is 10.7 Å². The molecule has 0 aliphatic carbocycles. The van der Waals surface area contributed by atoms with E-state index in [0.717, 1.165) is 12.1 Å². The second-order valence-electron chi connectivity index (χ2n) is 2.69. The van der Waals surface area contributed by atoms with Crippen LogP contribution in [0.25, 0.3) is 0 Å². The smallest absolute Gasteiger partial charge is 0.150 e. The van der Waals surface area contributed by atoms with Crippen molar-refractivity contribution in [3.05, 3.63) is 40.9 Å². The molecule has 0 aliphatic heterocycles. The SMILES string of the molecule is C/C=C/CNc1c(F)cc(F)cc1Cl. The Labute approximate surface area is 86.4 Å². The van der Waals surface area contributed by atoms with Gasteiger partial charge in [-0.3, -0.25) is 0 Å². The minimum absolute atomic E-state index is 0.0482. The summed E-state index contributed by atoms with van der Waals surface area (Å²) in [5.74, 6) is -1.36. The second kappa shape index (κ2) is 4.96. The van der Waals surface area contributed by atoms with Crippen molar-refractivity contribution in [2.45, 2.75) is 6.92 Å². The molecule has 0 amide bonds. The molecule has 14 heavy (non-hydrogen) atoms. The first-order valence-electron chi connectivity index (χ1n) is 4.14. The highest BCUT2D eigenvalue weighted by atomic mass is 35.5. The van der Waals surface area contributed by atoms with Gasteiger partial charge in [0.2, 0.25) is 0 Å². The largest absolute Gasteiger partial charge is 0.378 e. The maximum absolute atomic E-state index is 13.1. The Morgan fingerprint density at radius 2 is 2.14 bits per heavy atom. The molecule has 4 heteroatoms. The van der Waals surface area contributed by atoms with Gasteiger partial charge in [0.05, 0.1) is 10.7 Å². The molecule has 1 aromatic carbocycles. The summed E-state index contributed by atoms with van der Waals surface area (Å²) in [4.78, 5) is 0. The predicted octanol–water partition coefficient (Wildman–Crippen LogP) is 3.61. The van der Waals surface area contributed by atoms with Crippen LogP contribution in [0, 0.1) is 11.6 Å². The van der Waals surface area contributed by atoms with E-state index in [4.69, 9.17) is 11.6 Å². The highest BCUT2D eigenvalue weighted by Crippen LogP contribution is 2.25. The van der Waals surface area contributed by atoms with Crippen LogP contribution in [0.4, 0.5) is 14.5 Å². The first kappa shape index (κ1) is 11.0. The maximum Gasteiger partial charge on any atom is 0.150 e. The third-order valence-corrected chi connectivity index (χ3v) is 1.94. The summed E-state index contributed by atoms with van der Waals surface area (Å²) in [5, 5.41) is 2.80. The standard InChI is InChI=1S/C10H10ClF2N/c1-2-3-4-14-10-8(11)5-7(12)6-9(10)13/h2-3,5-6,14H,4H2,1H3/b3-2+. The molecule has 0 heterocycles. The van der Waals surface area contributed by atoms with Gasteiger partial charge in [-0.1, -0.05) is 23.8 Å². The van der Waals surface area contributed by atoms with E-state index in [0.29, 0.717) is 6.54 Å². The molecule has 76 valence electrons. The number of hydrogen-bond acceptors (Lipinski definition) is 1. The van der Waals surface area contributed by atoms with Gasteiger partial charge < -0.3 is 5.32 Å². The minimum atomic E-state index is -0.681. The first-order chi connectivity index (χ1) is 6.65. The van der Waals surface area contributed by atoms with Crippen molar-refractivity contribution in [3.8, 4) is 0 Å². The van der Waals surface area contributed by atoms with Gasteiger partial charge in [-0.25, -0.2) is 8.78 Å². The molecule has 0 fully saturated rings. The molecule has 1 nitrogen and oxygen atoms in total. The van der Waals surface area contributed by atoms with Crippen LogP contribution in [0.5, 0.6) is 0 Å². The highest BCUT2D eigenvalue weighted by molar-refractivity contribution is 6.33. The summed E-state index contributed by atoms with van der Waals surface area (Å²) in [6, 6.07) is 1.87. The van der Waals surface area contributed by atoms with E-state index in [9.17, 15) is 8.78 Å². The Bertz CT molecular complexity index is 327. The molecule has 0 aromatic heterocycles. The number of benzene rings is 1. The summed E-state index contributed by atoms with van der Waals surface area (Å²) in [5.41, 5.74) is 0.131. The summed E-state index contributed by atoms with van der Waals surface area (Å²) >= 11 is 5.65. The number of nitrogens with one attached hydrogen (secondary N) is 1. The zero-order valence-electron chi connectivity index (χ0n) is 7.65. The van der Waals surface area contributed by atoms with Gasteiger partial charge in [0.1, 0.15) is 5.82 Å². The van der Waals surface area contributed by atoms with Gasteiger partial charge >= 0.3 is 0 Å². The van der Waals surface area contributed by atoms with Crippen molar-refractivity contribution in [1.29, 1.82) is 0 Å². The van der Waals surface area contributed by atoms with E-state index in [2.05, 4.69) is 5.32 Å². The molecule has 0 saturated heterocycles. The highest BCUT2D eigenvalue weighted by Gasteiger charge is 2.08. The Balaban J connectivity index is 2.85. The van der Waals surface area contributed by atoms with Gasteiger partial charge in [-0.2, -0.15) is 0 Å². The van der Waals surface area contributed by atoms with E-state index in [1.165, 1.54) is 0 Å². The topological polar surface area (TPSA) is 12.0 Å². The van der Waals surface area contributed by atoms with Crippen LogP contribution >= 0.6 is 11.6 Å². The van der Waals surface area contributed by atoms with E-state index in [1.807, 2.05) is 13.0 Å². The second-order valence-corrected chi connectivity index (χ2v) is 3.10. The number of allylic oxidation sites excluding steroid dienone is 1. The van der Waals surface area contributed by atoms with Crippen LogP contribution in [0.1, 0.15) is 6.92 Å². The molecule has 0 spiro atoms. The fourth-order valence-electron chi connectivity index (χ4n) is 0.990. The molecule has 0 saturated carbocycles. The lowest BCUT2D eigenvalue weighted by atomic mass is 10.3. The summed E-state index contributed by atoms with van der Waals surface area (Å²) in [6.45, 7) is 2.31. The van der Waals surface area contributed by atoms with Crippen molar-refractivity contribution in [2.24, 2.45) is 0 Å². The van der Waals surface area contributed by atoms with Crippen LogP contribution in [0.2, 0.25) is 5.02 Å². The molecular formula is C10H10ClF2N. The van der Waals surface area contributed by atoms with Crippen molar-refractivity contribution in [2.75, 3.05) is 11.9 Å². The fourth-order valence-corrected chi connectivity index (χ4v) is 1.25. The lowest BCUT2D eigenvalue weighted by Crippen LogP contribution is -2.01. The number of halogens is 3. The third-order valence-electron chi connectivity index (χ3n) is 1.64. The van der Waals surface area contributed by atoms with Gasteiger partial charge in [0.15, 0.2) is 5.82 Å². The van der Waals surface area contributed by atoms with Crippen molar-refractivity contribution < 1.29 is 8.78 Å². The van der Waals surface area contributed by atoms with Crippen LogP contribution < -0.4 is 5.32 Å². The van der Waals surface area contributed by atoms with Crippen molar-refractivity contribution in [1.82, 2.24) is 0 Å². The predicted molar refractivity (Wildman–Crippen MR) is 54.7 cm³/mol. The molecule has 0 aliphatic rings. The summed E-state index contributed by atoms with van der Waals surface area (Å²) in [6.07, 6.45) is 3.63. The Morgan fingerprint density at radius 1 is 1.43 bits per heavy atom. The zero-order valence-corrected chi connectivity index (χ0v) is 8.41. The average Bonchev–Trinajstić information content (AvgIpc) is 2.09. The molecular weight excluding hydrogens is 208 g/mol. The zero-order chi connectivity index (χ0) is 10.6. The molecule has 1 rings (SSSR count). The molecule has 0 bridgehead atoms. The summed E-state index contributed by atoms with van der Waals surface area (Å²) in [7, 11) is 0. The Morgan fingerprint density at radius 3 is 2.71 bits per heavy atom. The van der Waals surface area contributed by atoms with E-state index < -0.39 is 11.6 Å². The van der Waals surface area contributed by atoms with Crippen molar-refractivity contribution >= 4 is 17.3 Å². The number of anilines is 1. The molecule has 0 unspecified atom stereocenters. The quantitative estimate of drug-likeness (QED) is 0.763. The van der Waals surface area contributed by atoms with E-state index in [1.54, 1.807) is 6.08 Å². The molecule has 1 N–H and O–H groups in total. The normalized spacial score (nSPS) is 10.9. The monoisotopic (exact) mass is 217 g/mol. The molecule has 0 radical (unpaired) electrons.